The average Bonchev–Trinajstić information content (AvgIpc) is 2.40. The van der Waals surface area contributed by atoms with Gasteiger partial charge in [0.15, 0.2) is 0 Å². The summed E-state index contributed by atoms with van der Waals surface area (Å²) in [6, 6.07) is 4.52. The van der Waals surface area contributed by atoms with E-state index in [2.05, 4.69) is 21.3 Å². The number of aromatic nitrogens is 1. The van der Waals surface area contributed by atoms with E-state index in [1.54, 1.807) is 6.20 Å². The monoisotopic (exact) mass is 311 g/mol. The van der Waals surface area contributed by atoms with Gasteiger partial charge < -0.3 is 5.32 Å². The second-order valence-corrected chi connectivity index (χ2v) is 8.26. The molecule has 1 N–H and O–H groups in total. The molecule has 1 aliphatic heterocycles. The highest BCUT2D eigenvalue weighted by molar-refractivity contribution is 7.90. The van der Waals surface area contributed by atoms with Crippen LogP contribution >= 0.6 is 0 Å². The Kier molecular flexibility index (Phi) is 5.72. The number of piperidine rings is 1. The molecule has 21 heavy (non-hydrogen) atoms. The Hall–Kier alpha value is -0.980. The van der Waals surface area contributed by atoms with Gasteiger partial charge in [-0.15, -0.1) is 0 Å². The van der Waals surface area contributed by atoms with Crippen molar-refractivity contribution in [3.63, 3.8) is 0 Å². The minimum Gasteiger partial charge on any atom is -0.310 e. The zero-order valence-electron chi connectivity index (χ0n) is 12.8. The van der Waals surface area contributed by atoms with Gasteiger partial charge in [-0.05, 0) is 44.5 Å². The van der Waals surface area contributed by atoms with Gasteiger partial charge in [0.05, 0.1) is 5.75 Å². The highest BCUT2D eigenvalue weighted by Gasteiger charge is 2.21. The molecule has 0 radical (unpaired) electrons. The third-order valence-electron chi connectivity index (χ3n) is 3.79. The maximum Gasteiger partial charge on any atom is 0.148 e. The lowest BCUT2D eigenvalue weighted by Gasteiger charge is -2.33. The van der Waals surface area contributed by atoms with Crippen LogP contribution in [0.5, 0.6) is 0 Å². The van der Waals surface area contributed by atoms with Gasteiger partial charge >= 0.3 is 0 Å². The van der Waals surface area contributed by atoms with E-state index in [4.69, 9.17) is 0 Å². The van der Waals surface area contributed by atoms with Crippen molar-refractivity contribution >= 4 is 9.84 Å². The van der Waals surface area contributed by atoms with Crippen LogP contribution in [0, 0.1) is 0 Å². The number of nitrogens with zero attached hydrogens (tertiary/aromatic N) is 2. The molecule has 0 amide bonds. The number of nitrogens with one attached hydrogen (secondary N) is 1. The number of hydrogen-bond donors (Lipinski definition) is 1. The van der Waals surface area contributed by atoms with Crippen molar-refractivity contribution in [3.05, 3.63) is 30.1 Å². The van der Waals surface area contributed by atoms with Crippen LogP contribution in [-0.2, 0) is 16.4 Å². The lowest BCUT2D eigenvalue weighted by atomic mass is 10.0. The molecule has 0 spiro atoms. The third kappa shape index (κ3) is 6.11. The summed E-state index contributed by atoms with van der Waals surface area (Å²) in [5.41, 5.74) is 1.24. The van der Waals surface area contributed by atoms with Crippen LogP contribution in [0.25, 0.3) is 0 Å². The molecule has 5 nitrogen and oxygen atoms in total. The predicted octanol–water partition coefficient (Wildman–Crippen LogP) is 1.07. The summed E-state index contributed by atoms with van der Waals surface area (Å²) in [6.07, 6.45) is 7.13. The Morgan fingerprint density at radius 3 is 2.71 bits per heavy atom. The van der Waals surface area contributed by atoms with Crippen LogP contribution in [0.4, 0.5) is 0 Å². The standard InChI is InChI=1S/C15H25N3O2S/c1-13(12-21(2,19)20)17-15-5-8-18(9-6-15)11-14-4-3-7-16-10-14/h3-4,7,10,13,15,17H,5-6,8-9,11-12H2,1-2H3/t13-/m0/s1. The maximum absolute atomic E-state index is 11.3. The van der Waals surface area contributed by atoms with Crippen molar-refractivity contribution in [2.45, 2.75) is 38.4 Å². The Balaban J connectivity index is 1.73. The molecular weight excluding hydrogens is 286 g/mol. The maximum atomic E-state index is 11.3. The zero-order valence-corrected chi connectivity index (χ0v) is 13.6. The highest BCUT2D eigenvalue weighted by Crippen LogP contribution is 2.14. The minimum absolute atomic E-state index is 0.0230. The molecule has 2 rings (SSSR count). The molecule has 1 aromatic rings. The lowest BCUT2D eigenvalue weighted by molar-refractivity contribution is 0.186. The molecule has 0 aromatic carbocycles. The molecule has 6 heteroatoms. The molecule has 0 unspecified atom stereocenters. The van der Waals surface area contributed by atoms with Gasteiger partial charge in [-0.2, -0.15) is 0 Å². The summed E-state index contributed by atoms with van der Waals surface area (Å²) in [6.45, 7) is 4.97. The molecule has 0 saturated carbocycles. The van der Waals surface area contributed by atoms with Gasteiger partial charge in [0, 0.05) is 37.3 Å². The molecule has 1 fully saturated rings. The first-order valence-electron chi connectivity index (χ1n) is 7.47. The van der Waals surface area contributed by atoms with E-state index in [1.807, 2.05) is 19.2 Å². The molecule has 0 bridgehead atoms. The fourth-order valence-electron chi connectivity index (χ4n) is 2.91. The van der Waals surface area contributed by atoms with E-state index in [9.17, 15) is 8.42 Å². The zero-order chi connectivity index (χ0) is 15.3. The summed E-state index contributed by atoms with van der Waals surface area (Å²) < 4.78 is 22.6. The Morgan fingerprint density at radius 2 is 2.14 bits per heavy atom. The normalized spacial score (nSPS) is 19.5. The largest absolute Gasteiger partial charge is 0.310 e. The first-order chi connectivity index (χ1) is 9.92. The average molecular weight is 311 g/mol. The molecule has 1 atom stereocenters. The Labute approximate surface area is 127 Å². The minimum atomic E-state index is -2.91. The van der Waals surface area contributed by atoms with Gasteiger partial charge in [0.25, 0.3) is 0 Å². The van der Waals surface area contributed by atoms with Crippen LogP contribution in [0.15, 0.2) is 24.5 Å². The van der Waals surface area contributed by atoms with E-state index < -0.39 is 9.84 Å². The van der Waals surface area contributed by atoms with Crippen molar-refractivity contribution in [1.82, 2.24) is 15.2 Å². The van der Waals surface area contributed by atoms with Crippen LogP contribution < -0.4 is 5.32 Å². The summed E-state index contributed by atoms with van der Waals surface area (Å²) in [5.74, 6) is 0.211. The summed E-state index contributed by atoms with van der Waals surface area (Å²) >= 11 is 0. The van der Waals surface area contributed by atoms with Crippen molar-refractivity contribution in [2.75, 3.05) is 25.1 Å². The van der Waals surface area contributed by atoms with Crippen molar-refractivity contribution in [3.8, 4) is 0 Å². The highest BCUT2D eigenvalue weighted by atomic mass is 32.2. The SMILES string of the molecule is C[C@@H](CS(C)(=O)=O)NC1CCN(Cc2cccnc2)CC1. The first kappa shape index (κ1) is 16.4. The topological polar surface area (TPSA) is 62.3 Å². The second kappa shape index (κ2) is 7.33. The van der Waals surface area contributed by atoms with Crippen LogP contribution in [0.1, 0.15) is 25.3 Å². The van der Waals surface area contributed by atoms with E-state index >= 15 is 0 Å². The number of hydrogen-bond acceptors (Lipinski definition) is 5. The van der Waals surface area contributed by atoms with Crippen LogP contribution in [-0.4, -0.2) is 55.5 Å². The van der Waals surface area contributed by atoms with Crippen molar-refractivity contribution in [2.24, 2.45) is 0 Å². The number of sulfone groups is 1. The van der Waals surface area contributed by atoms with Gasteiger partial charge in [0.2, 0.25) is 0 Å². The second-order valence-electron chi connectivity index (χ2n) is 6.07. The number of rotatable bonds is 6. The molecule has 0 aliphatic carbocycles. The predicted molar refractivity (Wildman–Crippen MR) is 84.8 cm³/mol. The van der Waals surface area contributed by atoms with Gasteiger partial charge in [0.1, 0.15) is 9.84 Å². The van der Waals surface area contributed by atoms with E-state index in [1.165, 1.54) is 11.8 Å². The van der Waals surface area contributed by atoms with Crippen LogP contribution in [0.2, 0.25) is 0 Å². The smallest absolute Gasteiger partial charge is 0.148 e. The third-order valence-corrected chi connectivity index (χ3v) is 4.90. The van der Waals surface area contributed by atoms with E-state index in [-0.39, 0.29) is 11.8 Å². The van der Waals surface area contributed by atoms with Gasteiger partial charge in [-0.1, -0.05) is 6.07 Å². The van der Waals surface area contributed by atoms with Gasteiger partial charge in [-0.25, -0.2) is 8.42 Å². The lowest BCUT2D eigenvalue weighted by Crippen LogP contribution is -2.46. The van der Waals surface area contributed by atoms with Crippen molar-refractivity contribution < 1.29 is 8.42 Å². The molecule has 2 heterocycles. The van der Waals surface area contributed by atoms with E-state index in [0.717, 1.165) is 32.5 Å². The summed E-state index contributed by atoms with van der Waals surface area (Å²) in [4.78, 5) is 6.57. The number of pyridine rings is 1. The molecular formula is C15H25N3O2S. The van der Waals surface area contributed by atoms with Crippen LogP contribution in [0.3, 0.4) is 0 Å². The molecule has 1 aliphatic rings. The summed E-state index contributed by atoms with van der Waals surface area (Å²) in [5, 5.41) is 3.44. The fourth-order valence-corrected chi connectivity index (χ4v) is 3.92. The quantitative estimate of drug-likeness (QED) is 0.851. The van der Waals surface area contributed by atoms with Crippen molar-refractivity contribution in [1.29, 1.82) is 0 Å². The van der Waals surface area contributed by atoms with Gasteiger partial charge in [-0.3, -0.25) is 9.88 Å². The molecule has 1 saturated heterocycles. The molecule has 118 valence electrons. The van der Waals surface area contributed by atoms with E-state index in [0.29, 0.717) is 6.04 Å². The number of likely N-dealkylation sites (tertiary alicyclic amines) is 1. The molecule has 1 aromatic heterocycles. The Morgan fingerprint density at radius 1 is 1.43 bits per heavy atom. The summed E-state index contributed by atoms with van der Waals surface area (Å²) in [7, 11) is -2.91. The Bertz CT molecular complexity index is 525. The first-order valence-corrected chi connectivity index (χ1v) is 9.53. The fraction of sp³-hybridized carbons (Fsp3) is 0.667.